The molecule has 0 saturated carbocycles. The number of hydrogen-bond acceptors (Lipinski definition) is 4. The highest BCUT2D eigenvalue weighted by atomic mass is 35.5. The summed E-state index contributed by atoms with van der Waals surface area (Å²) >= 11 is 0. The number of rotatable bonds is 3. The van der Waals surface area contributed by atoms with Gasteiger partial charge in [0.25, 0.3) is 0 Å². The first-order valence-electron chi connectivity index (χ1n) is 5.98. The summed E-state index contributed by atoms with van der Waals surface area (Å²) in [4.78, 5) is 25.0. The highest BCUT2D eigenvalue weighted by Gasteiger charge is 2.34. The lowest BCUT2D eigenvalue weighted by Gasteiger charge is -2.27. The SMILES string of the molecule is CNC(=O)NC(=O)C(C)N1CC(CN)CC1C.Cl. The largest absolute Gasteiger partial charge is 0.341 e. The third-order valence-electron chi connectivity index (χ3n) is 3.38. The van der Waals surface area contributed by atoms with E-state index in [4.69, 9.17) is 5.73 Å². The number of carbonyl (C=O) groups excluding carboxylic acids is 2. The summed E-state index contributed by atoms with van der Waals surface area (Å²) in [6, 6.07) is -0.447. The Labute approximate surface area is 114 Å². The molecule has 1 rings (SSSR count). The third kappa shape index (κ3) is 4.12. The van der Waals surface area contributed by atoms with Crippen LogP contribution in [0.5, 0.6) is 0 Å². The summed E-state index contributed by atoms with van der Waals surface area (Å²) < 4.78 is 0. The quantitative estimate of drug-likeness (QED) is 0.674. The lowest BCUT2D eigenvalue weighted by molar-refractivity contribution is -0.125. The monoisotopic (exact) mass is 278 g/mol. The van der Waals surface area contributed by atoms with Gasteiger partial charge in [0.05, 0.1) is 6.04 Å². The maximum atomic E-state index is 11.8. The maximum absolute atomic E-state index is 11.8. The number of urea groups is 1. The van der Waals surface area contributed by atoms with Crippen LogP contribution in [0.3, 0.4) is 0 Å². The van der Waals surface area contributed by atoms with Crippen molar-refractivity contribution in [1.82, 2.24) is 15.5 Å². The lowest BCUT2D eigenvalue weighted by Crippen LogP contribution is -2.50. The van der Waals surface area contributed by atoms with E-state index in [9.17, 15) is 9.59 Å². The molecule has 1 aliphatic rings. The zero-order chi connectivity index (χ0) is 13.0. The molecule has 1 aliphatic heterocycles. The molecule has 7 heteroatoms. The molecular weight excluding hydrogens is 256 g/mol. The molecule has 3 atom stereocenters. The van der Waals surface area contributed by atoms with E-state index in [-0.39, 0.29) is 24.4 Å². The molecule has 0 aliphatic carbocycles. The van der Waals surface area contributed by atoms with Gasteiger partial charge in [-0.3, -0.25) is 15.0 Å². The molecule has 3 amide bonds. The Morgan fingerprint density at radius 2 is 2.11 bits per heavy atom. The summed E-state index contributed by atoms with van der Waals surface area (Å²) in [7, 11) is 1.48. The van der Waals surface area contributed by atoms with Crippen LogP contribution in [0.2, 0.25) is 0 Å². The molecule has 0 aromatic heterocycles. The van der Waals surface area contributed by atoms with Gasteiger partial charge >= 0.3 is 6.03 Å². The fraction of sp³-hybridized carbons (Fsp3) is 0.818. The minimum atomic E-state index is -0.468. The number of amides is 3. The molecule has 106 valence electrons. The zero-order valence-electron chi connectivity index (χ0n) is 11.1. The maximum Gasteiger partial charge on any atom is 0.321 e. The van der Waals surface area contributed by atoms with Gasteiger partial charge in [-0.15, -0.1) is 12.4 Å². The minimum absolute atomic E-state index is 0. The van der Waals surface area contributed by atoms with Crippen molar-refractivity contribution in [2.24, 2.45) is 11.7 Å². The van der Waals surface area contributed by atoms with Crippen molar-refractivity contribution < 1.29 is 9.59 Å². The van der Waals surface area contributed by atoms with Gasteiger partial charge in [-0.1, -0.05) is 0 Å². The summed E-state index contributed by atoms with van der Waals surface area (Å²) in [5.74, 6) is 0.175. The molecule has 0 aromatic rings. The van der Waals surface area contributed by atoms with Gasteiger partial charge in [0.15, 0.2) is 0 Å². The van der Waals surface area contributed by atoms with Crippen LogP contribution in [0.15, 0.2) is 0 Å². The van der Waals surface area contributed by atoms with E-state index in [1.165, 1.54) is 7.05 Å². The molecule has 1 saturated heterocycles. The molecular formula is C11H23ClN4O2. The summed E-state index contributed by atoms with van der Waals surface area (Å²) in [5.41, 5.74) is 5.65. The third-order valence-corrected chi connectivity index (χ3v) is 3.38. The van der Waals surface area contributed by atoms with Crippen LogP contribution in [-0.4, -0.2) is 49.1 Å². The highest BCUT2D eigenvalue weighted by Crippen LogP contribution is 2.24. The molecule has 0 radical (unpaired) electrons. The number of nitrogens with zero attached hydrogens (tertiary/aromatic N) is 1. The number of halogens is 1. The van der Waals surface area contributed by atoms with E-state index >= 15 is 0 Å². The molecule has 0 aromatic carbocycles. The van der Waals surface area contributed by atoms with Gasteiger partial charge in [-0.05, 0) is 32.7 Å². The van der Waals surface area contributed by atoms with Gasteiger partial charge < -0.3 is 11.1 Å². The number of nitrogens with one attached hydrogen (secondary N) is 2. The predicted molar refractivity (Wildman–Crippen MR) is 72.6 cm³/mol. The van der Waals surface area contributed by atoms with E-state index in [1.54, 1.807) is 0 Å². The first kappa shape index (κ1) is 17.2. The van der Waals surface area contributed by atoms with Gasteiger partial charge in [0.1, 0.15) is 0 Å². The van der Waals surface area contributed by atoms with E-state index in [0.29, 0.717) is 18.5 Å². The molecule has 0 spiro atoms. The highest BCUT2D eigenvalue weighted by molar-refractivity contribution is 5.96. The smallest absolute Gasteiger partial charge is 0.321 e. The van der Waals surface area contributed by atoms with Gasteiger partial charge in [0, 0.05) is 19.6 Å². The minimum Gasteiger partial charge on any atom is -0.341 e. The van der Waals surface area contributed by atoms with Crippen molar-refractivity contribution in [1.29, 1.82) is 0 Å². The fourth-order valence-electron chi connectivity index (χ4n) is 2.31. The first-order valence-corrected chi connectivity index (χ1v) is 5.98. The summed E-state index contributed by atoms with van der Waals surface area (Å²) in [6.07, 6.45) is 1.01. The number of likely N-dealkylation sites (tertiary alicyclic amines) is 1. The number of hydrogen-bond donors (Lipinski definition) is 3. The topological polar surface area (TPSA) is 87.5 Å². The van der Waals surface area contributed by atoms with Crippen LogP contribution in [0.1, 0.15) is 20.3 Å². The van der Waals surface area contributed by atoms with Crippen LogP contribution in [0.4, 0.5) is 4.79 Å². The normalized spacial score (nSPS) is 25.1. The van der Waals surface area contributed by atoms with Crippen LogP contribution in [0, 0.1) is 5.92 Å². The van der Waals surface area contributed by atoms with E-state index in [0.717, 1.165) is 13.0 Å². The molecule has 18 heavy (non-hydrogen) atoms. The number of nitrogens with two attached hydrogens (primary N) is 1. The standard InChI is InChI=1S/C11H22N4O2.ClH/c1-7-4-9(5-12)6-15(7)8(2)10(16)14-11(17)13-3;/h7-9H,4-6,12H2,1-3H3,(H2,13,14,16,17);1H. The second kappa shape index (κ2) is 7.56. The van der Waals surface area contributed by atoms with Crippen molar-refractivity contribution in [3.63, 3.8) is 0 Å². The number of imide groups is 1. The van der Waals surface area contributed by atoms with E-state index in [2.05, 4.69) is 22.5 Å². The molecule has 3 unspecified atom stereocenters. The summed E-state index contributed by atoms with van der Waals surface area (Å²) in [5, 5.41) is 4.66. The predicted octanol–water partition coefficient (Wildman–Crippen LogP) is -0.0786. The van der Waals surface area contributed by atoms with Crippen LogP contribution in [0.25, 0.3) is 0 Å². The second-order valence-corrected chi connectivity index (χ2v) is 4.63. The Hall–Kier alpha value is -0.850. The molecule has 1 fully saturated rings. The molecule has 0 bridgehead atoms. The van der Waals surface area contributed by atoms with Crippen molar-refractivity contribution in [2.75, 3.05) is 20.1 Å². The first-order chi connectivity index (χ1) is 7.99. The van der Waals surface area contributed by atoms with Crippen molar-refractivity contribution in [2.45, 2.75) is 32.4 Å². The van der Waals surface area contributed by atoms with Gasteiger partial charge in [0.2, 0.25) is 5.91 Å². The Kier molecular flexibility index (Phi) is 7.20. The van der Waals surface area contributed by atoms with Crippen LogP contribution >= 0.6 is 12.4 Å². The molecule has 1 heterocycles. The van der Waals surface area contributed by atoms with E-state index < -0.39 is 6.03 Å². The fourth-order valence-corrected chi connectivity index (χ4v) is 2.31. The Bertz CT molecular complexity index is 301. The average Bonchev–Trinajstić information content (AvgIpc) is 2.69. The van der Waals surface area contributed by atoms with E-state index in [1.807, 2.05) is 6.92 Å². The number of carbonyl (C=O) groups is 2. The van der Waals surface area contributed by atoms with Crippen LogP contribution < -0.4 is 16.4 Å². The average molecular weight is 279 g/mol. The Balaban J connectivity index is 0.00000289. The zero-order valence-corrected chi connectivity index (χ0v) is 11.9. The summed E-state index contributed by atoms with van der Waals surface area (Å²) in [6.45, 7) is 5.36. The lowest BCUT2D eigenvalue weighted by atomic mass is 10.1. The molecule has 6 nitrogen and oxygen atoms in total. The van der Waals surface area contributed by atoms with Crippen molar-refractivity contribution in [3.8, 4) is 0 Å². The van der Waals surface area contributed by atoms with Gasteiger partial charge in [-0.25, -0.2) is 4.79 Å². The van der Waals surface area contributed by atoms with Crippen molar-refractivity contribution in [3.05, 3.63) is 0 Å². The Morgan fingerprint density at radius 3 is 2.56 bits per heavy atom. The Morgan fingerprint density at radius 1 is 1.50 bits per heavy atom. The second-order valence-electron chi connectivity index (χ2n) is 4.63. The van der Waals surface area contributed by atoms with Gasteiger partial charge in [-0.2, -0.15) is 0 Å². The van der Waals surface area contributed by atoms with Crippen molar-refractivity contribution >= 4 is 24.3 Å². The van der Waals surface area contributed by atoms with Crippen LogP contribution in [-0.2, 0) is 4.79 Å². The molecule has 4 N–H and O–H groups in total.